The van der Waals surface area contributed by atoms with Gasteiger partial charge in [-0.15, -0.1) is 0 Å². The molecule has 2 aliphatic heterocycles. The normalized spacial score (nSPS) is 21.6. The van der Waals surface area contributed by atoms with Crippen LogP contribution in [0, 0.1) is 0 Å². The van der Waals surface area contributed by atoms with Gasteiger partial charge in [-0.2, -0.15) is 4.31 Å². The number of benzene rings is 1. The summed E-state index contributed by atoms with van der Waals surface area (Å²) in [4.78, 5) is 11.3. The Hall–Kier alpha value is -1.02. The molecule has 3 rings (SSSR count). The van der Waals surface area contributed by atoms with Gasteiger partial charge in [0.1, 0.15) is 5.60 Å². The lowest BCUT2D eigenvalue weighted by Crippen LogP contribution is -2.48. The van der Waals surface area contributed by atoms with Gasteiger partial charge >= 0.3 is 6.09 Å². The quantitative estimate of drug-likeness (QED) is 0.872. The molecule has 0 bridgehead atoms. The van der Waals surface area contributed by atoms with Crippen LogP contribution in [0.25, 0.3) is 0 Å². The van der Waals surface area contributed by atoms with E-state index in [0.29, 0.717) is 24.4 Å². The molecule has 22 heavy (non-hydrogen) atoms. The standard InChI is InChI=1S/C13H14Cl2N2O4S/c14-10-2-1-9(7-11(10)15)22(19,20)17-5-3-13(4-6-17)8-16-12(18)21-13/h1-2,7H,3-6,8H2,(H,16,18). The average Bonchev–Trinajstić information content (AvgIpc) is 2.83. The number of hydrogen-bond donors (Lipinski definition) is 1. The lowest BCUT2D eigenvalue weighted by molar-refractivity contribution is 0.0173. The Labute approximate surface area is 138 Å². The van der Waals surface area contributed by atoms with Crippen molar-refractivity contribution in [2.45, 2.75) is 23.3 Å². The topological polar surface area (TPSA) is 75.7 Å². The van der Waals surface area contributed by atoms with E-state index in [9.17, 15) is 13.2 Å². The number of rotatable bonds is 2. The Balaban J connectivity index is 1.77. The molecule has 1 aromatic carbocycles. The second-order valence-electron chi connectivity index (χ2n) is 5.41. The molecule has 2 aliphatic rings. The van der Waals surface area contributed by atoms with Crippen LogP contribution in [0.3, 0.4) is 0 Å². The van der Waals surface area contributed by atoms with Crippen molar-refractivity contribution in [3.8, 4) is 0 Å². The molecule has 2 fully saturated rings. The molecule has 2 saturated heterocycles. The van der Waals surface area contributed by atoms with Crippen molar-refractivity contribution >= 4 is 39.3 Å². The molecule has 0 radical (unpaired) electrons. The zero-order chi connectivity index (χ0) is 16.0. The third-order valence-electron chi connectivity index (χ3n) is 4.03. The first-order valence-electron chi connectivity index (χ1n) is 6.75. The summed E-state index contributed by atoms with van der Waals surface area (Å²) in [5, 5.41) is 3.12. The molecule has 120 valence electrons. The van der Waals surface area contributed by atoms with E-state index in [1.807, 2.05) is 0 Å². The SMILES string of the molecule is O=C1NCC2(CCN(S(=O)(=O)c3ccc(Cl)c(Cl)c3)CC2)O1. The number of nitrogens with one attached hydrogen (secondary N) is 1. The fraction of sp³-hybridized carbons (Fsp3) is 0.462. The third-order valence-corrected chi connectivity index (χ3v) is 6.66. The minimum absolute atomic E-state index is 0.111. The molecule has 0 atom stereocenters. The van der Waals surface area contributed by atoms with Crippen molar-refractivity contribution in [2.75, 3.05) is 19.6 Å². The van der Waals surface area contributed by atoms with Crippen molar-refractivity contribution < 1.29 is 17.9 Å². The summed E-state index contributed by atoms with van der Waals surface area (Å²) in [6.45, 7) is 1.00. The molecule has 0 saturated carbocycles. The monoisotopic (exact) mass is 364 g/mol. The van der Waals surface area contributed by atoms with Gasteiger partial charge in [0.2, 0.25) is 10.0 Å². The highest BCUT2D eigenvalue weighted by molar-refractivity contribution is 7.89. The fourth-order valence-corrected chi connectivity index (χ4v) is 4.53. The van der Waals surface area contributed by atoms with Crippen LogP contribution in [0.2, 0.25) is 10.0 Å². The van der Waals surface area contributed by atoms with Crippen LogP contribution >= 0.6 is 23.2 Å². The summed E-state index contributed by atoms with van der Waals surface area (Å²) in [5.74, 6) is 0. The number of carbonyl (C=O) groups excluding carboxylic acids is 1. The van der Waals surface area contributed by atoms with E-state index in [0.717, 1.165) is 0 Å². The summed E-state index contributed by atoms with van der Waals surface area (Å²) in [5.41, 5.74) is -0.583. The number of alkyl carbamates (subject to hydrolysis) is 1. The number of halogens is 2. The van der Waals surface area contributed by atoms with E-state index >= 15 is 0 Å². The minimum atomic E-state index is -3.63. The smallest absolute Gasteiger partial charge is 0.407 e. The lowest BCUT2D eigenvalue weighted by atomic mass is 9.93. The molecule has 6 nitrogen and oxygen atoms in total. The van der Waals surface area contributed by atoms with E-state index < -0.39 is 21.7 Å². The zero-order valence-corrected chi connectivity index (χ0v) is 13.8. The molecule has 2 heterocycles. The second kappa shape index (κ2) is 5.56. The maximum absolute atomic E-state index is 12.6. The van der Waals surface area contributed by atoms with Gasteiger partial charge in [-0.25, -0.2) is 13.2 Å². The Morgan fingerprint density at radius 2 is 1.86 bits per heavy atom. The molecule has 0 unspecified atom stereocenters. The predicted octanol–water partition coefficient (Wildman–Crippen LogP) is 2.26. The zero-order valence-electron chi connectivity index (χ0n) is 11.5. The van der Waals surface area contributed by atoms with Crippen LogP contribution < -0.4 is 5.32 Å². The summed E-state index contributed by atoms with van der Waals surface area (Å²) in [6.07, 6.45) is 0.485. The van der Waals surface area contributed by atoms with E-state index in [1.54, 1.807) is 0 Å². The van der Waals surface area contributed by atoms with Gasteiger partial charge in [-0.3, -0.25) is 0 Å². The third kappa shape index (κ3) is 2.78. The van der Waals surface area contributed by atoms with Crippen molar-refractivity contribution in [1.29, 1.82) is 0 Å². The highest BCUT2D eigenvalue weighted by Crippen LogP contribution is 2.33. The van der Waals surface area contributed by atoms with Crippen molar-refractivity contribution in [3.63, 3.8) is 0 Å². The molecule has 1 spiro atoms. The number of ether oxygens (including phenoxy) is 1. The van der Waals surface area contributed by atoms with Gasteiger partial charge in [-0.05, 0) is 18.2 Å². The molecular weight excluding hydrogens is 351 g/mol. The van der Waals surface area contributed by atoms with Crippen LogP contribution in [0.4, 0.5) is 4.79 Å². The summed E-state index contributed by atoms with van der Waals surface area (Å²) in [7, 11) is -3.63. The number of amides is 1. The number of hydrogen-bond acceptors (Lipinski definition) is 4. The Bertz CT molecular complexity index is 715. The molecule has 0 aliphatic carbocycles. The molecule has 1 aromatic rings. The number of nitrogens with zero attached hydrogens (tertiary/aromatic N) is 1. The number of carbonyl (C=O) groups is 1. The second-order valence-corrected chi connectivity index (χ2v) is 8.16. The lowest BCUT2D eigenvalue weighted by Gasteiger charge is -2.36. The predicted molar refractivity (Wildman–Crippen MR) is 81.7 cm³/mol. The van der Waals surface area contributed by atoms with Crippen LogP contribution in [-0.2, 0) is 14.8 Å². The van der Waals surface area contributed by atoms with Crippen molar-refractivity contribution in [3.05, 3.63) is 28.2 Å². The Morgan fingerprint density at radius 3 is 2.41 bits per heavy atom. The highest BCUT2D eigenvalue weighted by Gasteiger charge is 2.45. The Morgan fingerprint density at radius 1 is 1.18 bits per heavy atom. The van der Waals surface area contributed by atoms with Crippen molar-refractivity contribution in [1.82, 2.24) is 9.62 Å². The summed E-state index contributed by atoms with van der Waals surface area (Å²) < 4.78 is 31.9. The molecule has 1 N–H and O–H groups in total. The van der Waals surface area contributed by atoms with Crippen LogP contribution in [0.5, 0.6) is 0 Å². The van der Waals surface area contributed by atoms with Crippen molar-refractivity contribution in [2.24, 2.45) is 0 Å². The van der Waals surface area contributed by atoms with Gasteiger partial charge in [0.15, 0.2) is 0 Å². The van der Waals surface area contributed by atoms with Gasteiger partial charge < -0.3 is 10.1 Å². The summed E-state index contributed by atoms with van der Waals surface area (Å²) in [6, 6.07) is 4.25. The molecule has 9 heteroatoms. The molecular formula is C13H14Cl2N2O4S. The van der Waals surface area contributed by atoms with E-state index in [-0.39, 0.29) is 23.0 Å². The van der Waals surface area contributed by atoms with E-state index in [4.69, 9.17) is 27.9 Å². The van der Waals surface area contributed by atoms with E-state index in [1.165, 1.54) is 22.5 Å². The first-order chi connectivity index (χ1) is 10.3. The van der Waals surface area contributed by atoms with Gasteiger partial charge in [0.05, 0.1) is 21.5 Å². The maximum Gasteiger partial charge on any atom is 0.407 e. The van der Waals surface area contributed by atoms with Gasteiger partial charge in [-0.1, -0.05) is 23.2 Å². The highest BCUT2D eigenvalue weighted by atomic mass is 35.5. The van der Waals surface area contributed by atoms with Gasteiger partial charge in [0.25, 0.3) is 0 Å². The number of piperidine rings is 1. The van der Waals surface area contributed by atoms with E-state index in [2.05, 4.69) is 5.32 Å². The summed E-state index contributed by atoms with van der Waals surface area (Å²) >= 11 is 11.7. The number of sulfonamides is 1. The van der Waals surface area contributed by atoms with Crippen LogP contribution in [-0.4, -0.2) is 44.1 Å². The minimum Gasteiger partial charge on any atom is -0.441 e. The first-order valence-corrected chi connectivity index (χ1v) is 8.94. The first kappa shape index (κ1) is 15.9. The Kier molecular flexibility index (Phi) is 4.01. The largest absolute Gasteiger partial charge is 0.441 e. The average molecular weight is 365 g/mol. The fourth-order valence-electron chi connectivity index (χ4n) is 2.70. The van der Waals surface area contributed by atoms with Crippen LogP contribution in [0.15, 0.2) is 23.1 Å². The maximum atomic E-state index is 12.6. The van der Waals surface area contributed by atoms with Gasteiger partial charge in [0, 0.05) is 25.9 Å². The molecule has 1 amide bonds. The molecule has 0 aromatic heterocycles. The van der Waals surface area contributed by atoms with Crippen LogP contribution in [0.1, 0.15) is 12.8 Å².